The SMILES string of the molecule is Cc1ccccc1Nc1nc(C(N)=O)ccc1N. The number of nitrogens with one attached hydrogen (secondary N) is 1. The Morgan fingerprint density at radius 3 is 2.61 bits per heavy atom. The summed E-state index contributed by atoms with van der Waals surface area (Å²) < 4.78 is 0. The van der Waals surface area contributed by atoms with Crippen LogP contribution in [0.15, 0.2) is 36.4 Å². The van der Waals surface area contributed by atoms with E-state index in [2.05, 4.69) is 10.3 Å². The topological polar surface area (TPSA) is 94.0 Å². The zero-order valence-corrected chi connectivity index (χ0v) is 9.97. The number of primary amides is 1. The third-order valence-corrected chi connectivity index (χ3v) is 2.58. The predicted octanol–water partition coefficient (Wildman–Crippen LogP) is 1.81. The molecule has 0 saturated carbocycles. The minimum Gasteiger partial charge on any atom is -0.396 e. The number of carbonyl (C=O) groups is 1. The fourth-order valence-corrected chi connectivity index (χ4v) is 1.55. The van der Waals surface area contributed by atoms with Crippen LogP contribution >= 0.6 is 0 Å². The summed E-state index contributed by atoms with van der Waals surface area (Å²) in [5.41, 5.74) is 13.6. The van der Waals surface area contributed by atoms with Gasteiger partial charge in [-0.25, -0.2) is 4.98 Å². The molecule has 18 heavy (non-hydrogen) atoms. The van der Waals surface area contributed by atoms with Crippen LogP contribution < -0.4 is 16.8 Å². The highest BCUT2D eigenvalue weighted by molar-refractivity contribution is 5.92. The van der Waals surface area contributed by atoms with Gasteiger partial charge >= 0.3 is 0 Å². The van der Waals surface area contributed by atoms with Crippen molar-refractivity contribution in [2.45, 2.75) is 6.92 Å². The number of nitrogen functional groups attached to an aromatic ring is 1. The van der Waals surface area contributed by atoms with E-state index in [9.17, 15) is 4.79 Å². The number of nitrogens with two attached hydrogens (primary N) is 2. The molecule has 0 aliphatic carbocycles. The molecule has 0 spiro atoms. The van der Waals surface area contributed by atoms with Gasteiger partial charge in [-0.15, -0.1) is 0 Å². The van der Waals surface area contributed by atoms with Crippen LogP contribution in [0.2, 0.25) is 0 Å². The maximum absolute atomic E-state index is 11.1. The molecule has 0 radical (unpaired) electrons. The van der Waals surface area contributed by atoms with Crippen LogP contribution in [0.4, 0.5) is 17.2 Å². The number of hydrogen-bond acceptors (Lipinski definition) is 4. The number of anilines is 3. The number of rotatable bonds is 3. The van der Waals surface area contributed by atoms with E-state index in [0.29, 0.717) is 11.5 Å². The lowest BCUT2D eigenvalue weighted by molar-refractivity contribution is 0.0996. The second kappa shape index (κ2) is 4.75. The fourth-order valence-electron chi connectivity index (χ4n) is 1.55. The summed E-state index contributed by atoms with van der Waals surface area (Å²) in [6, 6.07) is 10.8. The zero-order valence-electron chi connectivity index (χ0n) is 9.97. The summed E-state index contributed by atoms with van der Waals surface area (Å²) in [5, 5.41) is 3.09. The molecule has 2 rings (SSSR count). The van der Waals surface area contributed by atoms with Gasteiger partial charge in [0.2, 0.25) is 0 Å². The quantitative estimate of drug-likeness (QED) is 0.765. The highest BCUT2D eigenvalue weighted by atomic mass is 16.1. The molecule has 0 atom stereocenters. The van der Waals surface area contributed by atoms with E-state index in [1.807, 2.05) is 31.2 Å². The number of carbonyl (C=O) groups excluding carboxylic acids is 1. The Balaban J connectivity index is 2.37. The standard InChI is InChI=1S/C13H14N4O/c1-8-4-2-3-5-10(8)16-13-9(14)6-7-11(17-13)12(15)18/h2-7H,14H2,1H3,(H2,15,18)(H,16,17). The minimum absolute atomic E-state index is 0.181. The van der Waals surface area contributed by atoms with Crippen molar-refractivity contribution in [1.29, 1.82) is 0 Å². The van der Waals surface area contributed by atoms with Gasteiger partial charge in [0.25, 0.3) is 5.91 Å². The summed E-state index contributed by atoms with van der Waals surface area (Å²) in [6.45, 7) is 1.97. The van der Waals surface area contributed by atoms with Gasteiger partial charge in [-0.1, -0.05) is 18.2 Å². The maximum Gasteiger partial charge on any atom is 0.267 e. The third-order valence-electron chi connectivity index (χ3n) is 2.58. The lowest BCUT2D eigenvalue weighted by Gasteiger charge is -2.11. The van der Waals surface area contributed by atoms with Crippen LogP contribution in [0, 0.1) is 6.92 Å². The van der Waals surface area contributed by atoms with E-state index < -0.39 is 5.91 Å². The average Bonchev–Trinajstić information content (AvgIpc) is 2.34. The molecule has 5 nitrogen and oxygen atoms in total. The van der Waals surface area contributed by atoms with E-state index in [0.717, 1.165) is 11.3 Å². The number of nitrogens with zero attached hydrogens (tertiary/aromatic N) is 1. The van der Waals surface area contributed by atoms with Gasteiger partial charge in [-0.05, 0) is 30.7 Å². The smallest absolute Gasteiger partial charge is 0.267 e. The molecule has 2 aromatic rings. The van der Waals surface area contributed by atoms with Crippen LogP contribution in [0.5, 0.6) is 0 Å². The van der Waals surface area contributed by atoms with Gasteiger partial charge in [0.15, 0.2) is 5.82 Å². The van der Waals surface area contributed by atoms with Gasteiger partial charge in [0.05, 0.1) is 5.69 Å². The van der Waals surface area contributed by atoms with Gasteiger partial charge in [-0.3, -0.25) is 4.79 Å². The van der Waals surface area contributed by atoms with Crippen molar-refractivity contribution in [2.24, 2.45) is 5.73 Å². The van der Waals surface area contributed by atoms with Crippen LogP contribution in [-0.2, 0) is 0 Å². The first-order chi connectivity index (χ1) is 8.58. The second-order valence-electron chi connectivity index (χ2n) is 3.94. The minimum atomic E-state index is -0.581. The molecule has 0 bridgehead atoms. The number of amides is 1. The maximum atomic E-state index is 11.1. The van der Waals surface area contributed by atoms with Gasteiger partial charge < -0.3 is 16.8 Å². The van der Waals surface area contributed by atoms with Crippen LogP contribution in [0.1, 0.15) is 16.1 Å². The first kappa shape index (κ1) is 11.9. The van der Waals surface area contributed by atoms with Crippen LogP contribution in [-0.4, -0.2) is 10.9 Å². The lowest BCUT2D eigenvalue weighted by Crippen LogP contribution is -2.14. The van der Waals surface area contributed by atoms with Crippen molar-refractivity contribution in [1.82, 2.24) is 4.98 Å². The Bertz CT molecular complexity index is 595. The Morgan fingerprint density at radius 1 is 1.22 bits per heavy atom. The first-order valence-corrected chi connectivity index (χ1v) is 5.47. The third kappa shape index (κ3) is 2.40. The van der Waals surface area contributed by atoms with Crippen molar-refractivity contribution in [3.05, 3.63) is 47.7 Å². The largest absolute Gasteiger partial charge is 0.396 e. The first-order valence-electron chi connectivity index (χ1n) is 5.47. The van der Waals surface area contributed by atoms with E-state index in [1.54, 1.807) is 6.07 Å². The molecule has 0 unspecified atom stereocenters. The molecule has 5 heteroatoms. The van der Waals surface area contributed by atoms with Crippen molar-refractivity contribution in [3.8, 4) is 0 Å². The average molecular weight is 242 g/mol. The second-order valence-corrected chi connectivity index (χ2v) is 3.94. The highest BCUT2D eigenvalue weighted by Gasteiger charge is 2.08. The van der Waals surface area contributed by atoms with Crippen molar-refractivity contribution in [3.63, 3.8) is 0 Å². The van der Waals surface area contributed by atoms with Gasteiger partial charge in [0, 0.05) is 5.69 Å². The monoisotopic (exact) mass is 242 g/mol. The van der Waals surface area contributed by atoms with Crippen molar-refractivity contribution < 1.29 is 4.79 Å². The Morgan fingerprint density at radius 2 is 1.94 bits per heavy atom. The molecule has 0 aliphatic rings. The molecule has 1 amide bonds. The molecule has 1 heterocycles. The molecule has 0 fully saturated rings. The molecule has 1 aromatic heterocycles. The Labute approximate surface area is 105 Å². The molecular formula is C13H14N4O. The number of para-hydroxylation sites is 1. The van der Waals surface area contributed by atoms with E-state index in [-0.39, 0.29) is 5.69 Å². The molecule has 5 N–H and O–H groups in total. The molecule has 0 aliphatic heterocycles. The van der Waals surface area contributed by atoms with Crippen LogP contribution in [0.3, 0.4) is 0 Å². The van der Waals surface area contributed by atoms with Crippen molar-refractivity contribution >= 4 is 23.1 Å². The number of aryl methyl sites for hydroxylation is 1. The van der Waals surface area contributed by atoms with E-state index in [1.165, 1.54) is 6.07 Å². The van der Waals surface area contributed by atoms with Crippen LogP contribution in [0.25, 0.3) is 0 Å². The van der Waals surface area contributed by atoms with E-state index >= 15 is 0 Å². The summed E-state index contributed by atoms with van der Waals surface area (Å²) >= 11 is 0. The van der Waals surface area contributed by atoms with Gasteiger partial charge in [0.1, 0.15) is 5.69 Å². The number of hydrogen-bond donors (Lipinski definition) is 3. The fraction of sp³-hybridized carbons (Fsp3) is 0.0769. The molecular weight excluding hydrogens is 228 g/mol. The van der Waals surface area contributed by atoms with Gasteiger partial charge in [-0.2, -0.15) is 0 Å². The Hall–Kier alpha value is -2.56. The molecule has 0 saturated heterocycles. The molecule has 1 aromatic carbocycles. The number of benzene rings is 1. The highest BCUT2D eigenvalue weighted by Crippen LogP contribution is 2.23. The summed E-state index contributed by atoms with van der Waals surface area (Å²) in [7, 11) is 0. The normalized spacial score (nSPS) is 10.1. The zero-order chi connectivity index (χ0) is 13.1. The van der Waals surface area contributed by atoms with E-state index in [4.69, 9.17) is 11.5 Å². The summed E-state index contributed by atoms with van der Waals surface area (Å²) in [4.78, 5) is 15.2. The predicted molar refractivity (Wildman–Crippen MR) is 71.6 cm³/mol. The summed E-state index contributed by atoms with van der Waals surface area (Å²) in [6.07, 6.45) is 0. The lowest BCUT2D eigenvalue weighted by atomic mass is 10.2. The molecule has 92 valence electrons. The number of aromatic nitrogens is 1. The number of pyridine rings is 1. The Kier molecular flexibility index (Phi) is 3.14. The summed E-state index contributed by atoms with van der Waals surface area (Å²) in [5.74, 6) is -0.150. The van der Waals surface area contributed by atoms with Crippen molar-refractivity contribution in [2.75, 3.05) is 11.1 Å².